The van der Waals surface area contributed by atoms with Gasteiger partial charge in [-0.1, -0.05) is 6.07 Å². The van der Waals surface area contributed by atoms with E-state index in [1.807, 2.05) is 20.8 Å². The highest BCUT2D eigenvalue weighted by Crippen LogP contribution is 2.25. The average Bonchev–Trinajstić information content (AvgIpc) is 2.63. The molecule has 6 nitrogen and oxygen atoms in total. The Morgan fingerprint density at radius 1 is 1.10 bits per heavy atom. The summed E-state index contributed by atoms with van der Waals surface area (Å²) in [5.41, 5.74) is -0.135. The lowest BCUT2D eigenvalue weighted by atomic mass is 9.86. The molecule has 1 aromatic rings. The van der Waals surface area contributed by atoms with Crippen LogP contribution in [-0.2, 0) is 4.79 Å². The maximum Gasteiger partial charge on any atom is 0.573 e. The fourth-order valence-electron chi connectivity index (χ4n) is 3.44. The summed E-state index contributed by atoms with van der Waals surface area (Å²) in [6.45, 7) is 6.54. The topological polar surface area (TPSA) is 79.5 Å². The number of nitrogens with one attached hydrogen (secondary N) is 3. The highest BCUT2D eigenvalue weighted by atomic mass is 19.4. The van der Waals surface area contributed by atoms with Crippen molar-refractivity contribution in [2.75, 3.05) is 13.1 Å². The number of hydrogen-bond acceptors (Lipinski definition) is 4. The summed E-state index contributed by atoms with van der Waals surface area (Å²) in [6.07, 6.45) is -1.20. The van der Waals surface area contributed by atoms with Crippen LogP contribution in [0.1, 0.15) is 56.8 Å². The molecule has 2 amide bonds. The third kappa shape index (κ3) is 9.02. The molecule has 1 fully saturated rings. The van der Waals surface area contributed by atoms with Crippen LogP contribution in [0.15, 0.2) is 24.3 Å². The van der Waals surface area contributed by atoms with Gasteiger partial charge in [0.1, 0.15) is 5.75 Å². The zero-order valence-corrected chi connectivity index (χ0v) is 17.6. The van der Waals surface area contributed by atoms with E-state index in [9.17, 15) is 22.8 Å². The first-order chi connectivity index (χ1) is 13.9. The second kappa shape index (κ2) is 10.1. The van der Waals surface area contributed by atoms with Crippen molar-refractivity contribution in [2.24, 2.45) is 5.92 Å². The van der Waals surface area contributed by atoms with Crippen LogP contribution in [0.5, 0.6) is 5.75 Å². The molecule has 1 aromatic carbocycles. The molecule has 0 aliphatic heterocycles. The van der Waals surface area contributed by atoms with E-state index in [2.05, 4.69) is 20.7 Å². The minimum Gasteiger partial charge on any atom is -0.406 e. The van der Waals surface area contributed by atoms with Gasteiger partial charge >= 0.3 is 6.36 Å². The van der Waals surface area contributed by atoms with Gasteiger partial charge in [0.25, 0.3) is 5.91 Å². The van der Waals surface area contributed by atoms with E-state index in [4.69, 9.17) is 0 Å². The Hall–Kier alpha value is -2.29. The van der Waals surface area contributed by atoms with Crippen molar-refractivity contribution in [3.05, 3.63) is 29.8 Å². The molecule has 1 saturated carbocycles. The Kier molecular flexibility index (Phi) is 8.11. The molecule has 1 aliphatic carbocycles. The van der Waals surface area contributed by atoms with E-state index in [1.54, 1.807) is 0 Å². The zero-order chi connectivity index (χ0) is 22.4. The number of alkyl halides is 3. The van der Waals surface area contributed by atoms with Crippen molar-refractivity contribution >= 4 is 11.8 Å². The molecule has 0 unspecified atom stereocenters. The summed E-state index contributed by atoms with van der Waals surface area (Å²) < 4.78 is 40.8. The molecule has 0 radical (unpaired) electrons. The van der Waals surface area contributed by atoms with Gasteiger partial charge in [0.05, 0.1) is 6.54 Å². The largest absolute Gasteiger partial charge is 0.573 e. The number of carbonyl (C=O) groups excluding carboxylic acids is 2. The third-order valence-corrected chi connectivity index (χ3v) is 4.79. The van der Waals surface area contributed by atoms with Gasteiger partial charge in [0.15, 0.2) is 0 Å². The first-order valence-corrected chi connectivity index (χ1v) is 10.1. The van der Waals surface area contributed by atoms with Crippen LogP contribution < -0.4 is 20.7 Å². The van der Waals surface area contributed by atoms with E-state index in [-0.39, 0.29) is 29.6 Å². The van der Waals surface area contributed by atoms with Crippen molar-refractivity contribution in [3.63, 3.8) is 0 Å². The SMILES string of the molecule is CC(C)(C)NC(=O)CN[C@H]1CC[C@H](CNC(=O)c2cccc(OC(F)(F)F)c2)CC1. The van der Waals surface area contributed by atoms with Gasteiger partial charge in [-0.05, 0) is 70.6 Å². The van der Waals surface area contributed by atoms with E-state index < -0.39 is 18.0 Å². The molecular formula is C21H30F3N3O3. The lowest BCUT2D eigenvalue weighted by molar-refractivity contribution is -0.274. The lowest BCUT2D eigenvalue weighted by Gasteiger charge is -2.29. The molecule has 0 saturated heterocycles. The van der Waals surface area contributed by atoms with Crippen molar-refractivity contribution in [2.45, 2.75) is 64.4 Å². The summed E-state index contributed by atoms with van der Waals surface area (Å²) in [4.78, 5) is 24.1. The number of rotatable bonds is 7. The molecular weight excluding hydrogens is 399 g/mol. The van der Waals surface area contributed by atoms with Crippen LogP contribution in [-0.4, -0.2) is 42.8 Å². The van der Waals surface area contributed by atoms with Crippen LogP contribution >= 0.6 is 0 Å². The van der Waals surface area contributed by atoms with E-state index in [0.717, 1.165) is 37.8 Å². The number of ether oxygens (including phenoxy) is 1. The van der Waals surface area contributed by atoms with Crippen molar-refractivity contribution in [3.8, 4) is 5.75 Å². The van der Waals surface area contributed by atoms with Crippen LogP contribution in [0.2, 0.25) is 0 Å². The highest BCUT2D eigenvalue weighted by Gasteiger charge is 2.31. The molecule has 9 heteroatoms. The Bertz CT molecular complexity index is 724. The van der Waals surface area contributed by atoms with Gasteiger partial charge < -0.3 is 20.7 Å². The smallest absolute Gasteiger partial charge is 0.406 e. The van der Waals surface area contributed by atoms with Gasteiger partial charge in [-0.25, -0.2) is 0 Å². The molecule has 0 atom stereocenters. The van der Waals surface area contributed by atoms with E-state index in [1.165, 1.54) is 12.1 Å². The average molecular weight is 429 g/mol. The van der Waals surface area contributed by atoms with Crippen LogP contribution in [0.3, 0.4) is 0 Å². The monoisotopic (exact) mass is 429 g/mol. The van der Waals surface area contributed by atoms with Gasteiger partial charge in [-0.3, -0.25) is 9.59 Å². The first-order valence-electron chi connectivity index (χ1n) is 10.1. The summed E-state index contributed by atoms with van der Waals surface area (Å²) in [5, 5.41) is 8.98. The van der Waals surface area contributed by atoms with Crippen molar-refractivity contribution in [1.82, 2.24) is 16.0 Å². The quantitative estimate of drug-likeness (QED) is 0.621. The van der Waals surface area contributed by atoms with Gasteiger partial charge in [-0.2, -0.15) is 0 Å². The van der Waals surface area contributed by atoms with Crippen LogP contribution in [0, 0.1) is 5.92 Å². The molecule has 0 aromatic heterocycles. The molecule has 3 N–H and O–H groups in total. The highest BCUT2D eigenvalue weighted by molar-refractivity contribution is 5.94. The van der Waals surface area contributed by atoms with Gasteiger partial charge in [-0.15, -0.1) is 13.2 Å². The molecule has 0 spiro atoms. The fraction of sp³-hybridized carbons (Fsp3) is 0.619. The predicted molar refractivity (Wildman–Crippen MR) is 107 cm³/mol. The number of benzene rings is 1. The maximum atomic E-state index is 12.3. The summed E-state index contributed by atoms with van der Waals surface area (Å²) >= 11 is 0. The molecule has 0 bridgehead atoms. The number of hydrogen-bond donors (Lipinski definition) is 3. The van der Waals surface area contributed by atoms with Crippen LogP contribution in [0.4, 0.5) is 13.2 Å². The fourth-order valence-corrected chi connectivity index (χ4v) is 3.44. The number of amides is 2. The second-order valence-corrected chi connectivity index (χ2v) is 8.68. The second-order valence-electron chi connectivity index (χ2n) is 8.68. The summed E-state index contributed by atoms with van der Waals surface area (Å²) in [6, 6.07) is 5.29. The summed E-state index contributed by atoms with van der Waals surface area (Å²) in [5.74, 6) is -0.586. The Labute approximate surface area is 174 Å². The van der Waals surface area contributed by atoms with Crippen molar-refractivity contribution in [1.29, 1.82) is 0 Å². The Morgan fingerprint density at radius 3 is 2.37 bits per heavy atom. The van der Waals surface area contributed by atoms with E-state index in [0.29, 0.717) is 12.5 Å². The third-order valence-electron chi connectivity index (χ3n) is 4.79. The van der Waals surface area contributed by atoms with Gasteiger partial charge in [0, 0.05) is 23.7 Å². The molecule has 168 valence electrons. The zero-order valence-electron chi connectivity index (χ0n) is 17.6. The molecule has 1 aliphatic rings. The van der Waals surface area contributed by atoms with Crippen molar-refractivity contribution < 1.29 is 27.5 Å². The lowest BCUT2D eigenvalue weighted by Crippen LogP contribution is -2.47. The number of halogens is 3. The first kappa shape index (κ1) is 24.0. The maximum absolute atomic E-state index is 12.3. The molecule has 0 heterocycles. The molecule has 30 heavy (non-hydrogen) atoms. The number of carbonyl (C=O) groups is 2. The van der Waals surface area contributed by atoms with Crippen LogP contribution in [0.25, 0.3) is 0 Å². The Balaban J connectivity index is 1.71. The minimum atomic E-state index is -4.80. The Morgan fingerprint density at radius 2 is 1.77 bits per heavy atom. The predicted octanol–water partition coefficient (Wildman–Crippen LogP) is 3.38. The summed E-state index contributed by atoms with van der Waals surface area (Å²) in [7, 11) is 0. The van der Waals surface area contributed by atoms with Gasteiger partial charge in [0.2, 0.25) is 5.91 Å². The molecule has 2 rings (SSSR count). The minimum absolute atomic E-state index is 0.0337. The standard InChI is InChI=1S/C21H30F3N3O3/c1-20(2,3)27-18(28)13-25-16-9-7-14(8-10-16)12-26-19(29)15-5-4-6-17(11-15)30-21(22,23)24/h4-6,11,14,16,25H,7-10,12-13H2,1-3H3,(H,26,29)(H,27,28)/t14-,16-. The normalized spacial score (nSPS) is 19.8. The van der Waals surface area contributed by atoms with E-state index >= 15 is 0 Å².